The molecule has 0 spiro atoms. The van der Waals surface area contributed by atoms with E-state index in [1.54, 1.807) is 7.05 Å². The number of benzene rings is 1. The van der Waals surface area contributed by atoms with Gasteiger partial charge in [-0.1, -0.05) is 29.8 Å². The molecule has 0 bridgehead atoms. The summed E-state index contributed by atoms with van der Waals surface area (Å²) in [7, 11) is 3.70. The van der Waals surface area contributed by atoms with E-state index in [0.29, 0.717) is 6.04 Å². The highest BCUT2D eigenvalue weighted by molar-refractivity contribution is 5.79. The van der Waals surface area contributed by atoms with Crippen molar-refractivity contribution in [1.29, 1.82) is 0 Å². The van der Waals surface area contributed by atoms with Crippen LogP contribution in [0.4, 0.5) is 0 Å². The topological polar surface area (TPSA) is 39.7 Å². The Kier molecular flexibility index (Phi) is 5.41. The third kappa shape index (κ3) is 3.73. The molecule has 1 aromatic rings. The van der Waals surface area contributed by atoms with E-state index in [4.69, 9.17) is 0 Å². The summed E-state index contributed by atoms with van der Waals surface area (Å²) in [5.41, 5.74) is 2.70. The van der Waals surface area contributed by atoms with Crippen LogP contribution in [-0.2, 0) is 0 Å². The molecule has 110 valence electrons. The Bertz CT molecular complexity index is 432. The maximum atomic E-state index is 4.19. The Balaban J connectivity index is 2.10. The van der Waals surface area contributed by atoms with E-state index >= 15 is 0 Å². The Morgan fingerprint density at radius 3 is 2.45 bits per heavy atom. The molecule has 1 fully saturated rings. The van der Waals surface area contributed by atoms with Crippen LogP contribution < -0.4 is 10.6 Å². The maximum absolute atomic E-state index is 4.19. The van der Waals surface area contributed by atoms with Gasteiger partial charge in [-0.15, -0.1) is 0 Å². The van der Waals surface area contributed by atoms with Gasteiger partial charge in [0.2, 0.25) is 0 Å². The lowest BCUT2D eigenvalue weighted by atomic mass is 10.0. The van der Waals surface area contributed by atoms with E-state index in [0.717, 1.165) is 12.5 Å². The second-order valence-electron chi connectivity index (χ2n) is 5.37. The second kappa shape index (κ2) is 7.29. The van der Waals surface area contributed by atoms with Crippen LogP contribution in [0, 0.1) is 6.92 Å². The van der Waals surface area contributed by atoms with Gasteiger partial charge in [-0.2, -0.15) is 0 Å². The van der Waals surface area contributed by atoms with Crippen molar-refractivity contribution in [3.63, 3.8) is 0 Å². The van der Waals surface area contributed by atoms with E-state index < -0.39 is 0 Å². The van der Waals surface area contributed by atoms with Crippen molar-refractivity contribution in [2.75, 3.05) is 33.7 Å². The van der Waals surface area contributed by atoms with E-state index in [1.807, 2.05) is 7.05 Å². The lowest BCUT2D eigenvalue weighted by Crippen LogP contribution is -2.41. The van der Waals surface area contributed by atoms with E-state index in [2.05, 4.69) is 51.7 Å². The molecule has 4 heteroatoms. The van der Waals surface area contributed by atoms with Gasteiger partial charge >= 0.3 is 0 Å². The first-order valence-corrected chi connectivity index (χ1v) is 7.43. The van der Waals surface area contributed by atoms with Gasteiger partial charge in [0.05, 0.1) is 6.04 Å². The third-order valence-corrected chi connectivity index (χ3v) is 3.97. The predicted molar refractivity (Wildman–Crippen MR) is 85.1 cm³/mol. The Labute approximate surface area is 122 Å². The first-order chi connectivity index (χ1) is 9.74. The van der Waals surface area contributed by atoms with Crippen molar-refractivity contribution in [1.82, 2.24) is 15.5 Å². The van der Waals surface area contributed by atoms with Crippen molar-refractivity contribution in [3.05, 3.63) is 35.4 Å². The van der Waals surface area contributed by atoms with Gasteiger partial charge in [-0.05, 0) is 38.4 Å². The summed E-state index contributed by atoms with van der Waals surface area (Å²) in [5.74, 6) is 0.848. The average molecular weight is 274 g/mol. The van der Waals surface area contributed by atoms with Crippen LogP contribution in [0.2, 0.25) is 0 Å². The minimum absolute atomic E-state index is 0.420. The number of hydrogen-bond acceptors (Lipinski definition) is 2. The molecule has 2 rings (SSSR count). The Morgan fingerprint density at radius 1 is 1.25 bits per heavy atom. The van der Waals surface area contributed by atoms with Crippen molar-refractivity contribution in [2.24, 2.45) is 4.99 Å². The minimum Gasteiger partial charge on any atom is -0.359 e. The second-order valence-corrected chi connectivity index (χ2v) is 5.37. The summed E-state index contributed by atoms with van der Waals surface area (Å²) in [6, 6.07) is 9.32. The molecule has 0 amide bonds. The minimum atomic E-state index is 0.420. The zero-order chi connectivity index (χ0) is 14.4. The number of hydrogen-bond donors (Lipinski definition) is 2. The molecule has 2 N–H and O–H groups in total. The molecule has 1 saturated heterocycles. The molecule has 1 atom stereocenters. The van der Waals surface area contributed by atoms with Gasteiger partial charge in [0.15, 0.2) is 5.96 Å². The van der Waals surface area contributed by atoms with Gasteiger partial charge in [-0.25, -0.2) is 0 Å². The molecule has 1 aliphatic rings. The molecule has 0 saturated carbocycles. The average Bonchev–Trinajstić information content (AvgIpc) is 2.99. The maximum Gasteiger partial charge on any atom is 0.190 e. The summed E-state index contributed by atoms with van der Waals surface area (Å²) in [6.07, 6.45) is 2.62. The van der Waals surface area contributed by atoms with Gasteiger partial charge in [0.1, 0.15) is 0 Å². The van der Waals surface area contributed by atoms with Crippen LogP contribution in [0.15, 0.2) is 29.3 Å². The van der Waals surface area contributed by atoms with Gasteiger partial charge in [0.25, 0.3) is 0 Å². The first-order valence-electron chi connectivity index (χ1n) is 7.43. The first kappa shape index (κ1) is 14.9. The normalized spacial score (nSPS) is 18.1. The zero-order valence-corrected chi connectivity index (χ0v) is 12.8. The number of guanidine groups is 1. The molecule has 0 aromatic heterocycles. The number of likely N-dealkylation sites (tertiary alicyclic amines) is 1. The summed E-state index contributed by atoms with van der Waals surface area (Å²) >= 11 is 0. The lowest BCUT2D eigenvalue weighted by Gasteiger charge is -2.28. The monoisotopic (exact) mass is 274 g/mol. The Morgan fingerprint density at radius 2 is 1.90 bits per heavy atom. The summed E-state index contributed by atoms with van der Waals surface area (Å²) in [4.78, 5) is 6.76. The highest BCUT2D eigenvalue weighted by Crippen LogP contribution is 2.24. The molecule has 1 aliphatic heterocycles. The zero-order valence-electron chi connectivity index (χ0n) is 12.8. The van der Waals surface area contributed by atoms with Gasteiger partial charge in [0, 0.05) is 20.6 Å². The largest absolute Gasteiger partial charge is 0.359 e. The molecular weight excluding hydrogens is 248 g/mol. The Hall–Kier alpha value is -1.55. The summed E-state index contributed by atoms with van der Waals surface area (Å²) in [5, 5.41) is 6.49. The van der Waals surface area contributed by atoms with E-state index in [1.165, 1.54) is 37.1 Å². The van der Waals surface area contributed by atoms with Crippen LogP contribution >= 0.6 is 0 Å². The van der Waals surface area contributed by atoms with Crippen LogP contribution in [0.1, 0.15) is 30.0 Å². The van der Waals surface area contributed by atoms with Crippen LogP contribution in [-0.4, -0.2) is 44.6 Å². The molecule has 1 unspecified atom stereocenters. The predicted octanol–water partition coefficient (Wildman–Crippen LogP) is 1.93. The number of aliphatic imine (C=N–C) groups is 1. The summed E-state index contributed by atoms with van der Waals surface area (Å²) < 4.78 is 0. The van der Waals surface area contributed by atoms with Crippen molar-refractivity contribution in [2.45, 2.75) is 25.8 Å². The van der Waals surface area contributed by atoms with Crippen LogP contribution in [0.3, 0.4) is 0 Å². The number of nitrogens with one attached hydrogen (secondary N) is 2. The molecule has 1 aromatic carbocycles. The van der Waals surface area contributed by atoms with Crippen LogP contribution in [0.5, 0.6) is 0 Å². The lowest BCUT2D eigenvalue weighted by molar-refractivity contribution is 0.245. The third-order valence-electron chi connectivity index (χ3n) is 3.97. The van der Waals surface area contributed by atoms with Gasteiger partial charge < -0.3 is 10.6 Å². The number of nitrogens with zero attached hydrogens (tertiary/aromatic N) is 2. The number of aryl methyl sites for hydroxylation is 1. The molecule has 0 radical (unpaired) electrons. The van der Waals surface area contributed by atoms with Crippen molar-refractivity contribution in [3.8, 4) is 0 Å². The van der Waals surface area contributed by atoms with Crippen molar-refractivity contribution >= 4 is 5.96 Å². The number of rotatable bonds is 4. The molecule has 1 heterocycles. The molecule has 4 nitrogen and oxygen atoms in total. The SMILES string of the molecule is CN=C(NC)NCC(c1ccc(C)cc1)N1CCCC1. The van der Waals surface area contributed by atoms with E-state index in [-0.39, 0.29) is 0 Å². The molecule has 0 aliphatic carbocycles. The smallest absolute Gasteiger partial charge is 0.190 e. The molecule has 20 heavy (non-hydrogen) atoms. The van der Waals surface area contributed by atoms with Crippen molar-refractivity contribution < 1.29 is 0 Å². The van der Waals surface area contributed by atoms with E-state index in [9.17, 15) is 0 Å². The fourth-order valence-corrected chi connectivity index (χ4v) is 2.77. The highest BCUT2D eigenvalue weighted by Gasteiger charge is 2.23. The van der Waals surface area contributed by atoms with Gasteiger partial charge in [-0.3, -0.25) is 9.89 Å². The fraction of sp³-hybridized carbons (Fsp3) is 0.562. The standard InChI is InChI=1S/C16H26N4/c1-13-6-8-14(9-7-13)15(20-10-4-5-11-20)12-19-16(17-2)18-3/h6-9,15H,4-5,10-12H2,1-3H3,(H2,17,18,19). The quantitative estimate of drug-likeness (QED) is 0.651. The van der Waals surface area contributed by atoms with Crippen LogP contribution in [0.25, 0.3) is 0 Å². The molecular formula is C16H26N4. The summed E-state index contributed by atoms with van der Waals surface area (Å²) in [6.45, 7) is 5.41. The highest BCUT2D eigenvalue weighted by atomic mass is 15.2. The fourth-order valence-electron chi connectivity index (χ4n) is 2.77.